The van der Waals surface area contributed by atoms with Crippen LogP contribution in [0.15, 0.2) is 125 Å². The molecule has 0 saturated carbocycles. The highest BCUT2D eigenvalue weighted by Gasteiger charge is 2.38. The van der Waals surface area contributed by atoms with E-state index in [1.807, 2.05) is 40.8 Å². The van der Waals surface area contributed by atoms with Crippen molar-refractivity contribution in [1.29, 1.82) is 0 Å². The lowest BCUT2D eigenvalue weighted by Crippen LogP contribution is -2.46. The van der Waals surface area contributed by atoms with Crippen molar-refractivity contribution in [3.63, 3.8) is 0 Å². The molecule has 1 aromatic heterocycles. The first-order chi connectivity index (χ1) is 29.8. The SMILES string of the molecule is COc1ccc(CN(Cc2ccc(OC)cc2)S(=O)(=O)c2c(S(=O)(=O)N[C@H](CO)CNC(=O)OCc3ccccc3)ccc(I)c2-c2nnn(Cc3ccc(OC)cc3)n2)cc1. The lowest BCUT2D eigenvalue weighted by atomic mass is 10.2. The minimum absolute atomic E-state index is 0.0445. The largest absolute Gasteiger partial charge is 0.497 e. The molecule has 6 aromatic rings. The zero-order chi connectivity index (χ0) is 44.3. The van der Waals surface area contributed by atoms with Crippen LogP contribution in [0.1, 0.15) is 22.3 Å². The molecule has 326 valence electrons. The molecule has 0 spiro atoms. The van der Waals surface area contributed by atoms with Gasteiger partial charge in [0.05, 0.1) is 46.1 Å². The number of halogens is 1. The Morgan fingerprint density at radius 1 is 0.758 bits per heavy atom. The number of ether oxygens (including phenoxy) is 4. The number of nitrogens with zero attached hydrogens (tertiary/aromatic N) is 5. The fraction of sp³-hybridized carbons (Fsp3) is 0.238. The number of aliphatic hydroxyl groups is 1. The van der Waals surface area contributed by atoms with E-state index in [0.29, 0.717) is 31.9 Å². The summed E-state index contributed by atoms with van der Waals surface area (Å²) in [6.07, 6.45) is -0.858. The monoisotopic (exact) mass is 997 g/mol. The molecular weight excluding hydrogens is 954 g/mol. The number of amides is 1. The molecule has 1 atom stereocenters. The molecule has 0 unspecified atom stereocenters. The molecule has 5 aromatic carbocycles. The molecule has 0 aliphatic heterocycles. The fourth-order valence-electron chi connectivity index (χ4n) is 6.15. The van der Waals surface area contributed by atoms with Gasteiger partial charge in [-0.1, -0.05) is 66.7 Å². The van der Waals surface area contributed by atoms with E-state index in [9.17, 15) is 18.3 Å². The number of nitrogens with one attached hydrogen (secondary N) is 2. The van der Waals surface area contributed by atoms with Crippen LogP contribution in [0.3, 0.4) is 0 Å². The third-order valence-electron chi connectivity index (χ3n) is 9.40. The number of methoxy groups -OCH3 is 3. The first-order valence-corrected chi connectivity index (χ1v) is 22.9. The van der Waals surface area contributed by atoms with Gasteiger partial charge in [-0.05, 0) is 98.6 Å². The van der Waals surface area contributed by atoms with E-state index in [1.54, 1.807) is 92.0 Å². The molecule has 1 amide bonds. The predicted molar refractivity (Wildman–Crippen MR) is 236 cm³/mol. The number of benzene rings is 5. The molecule has 62 heavy (non-hydrogen) atoms. The van der Waals surface area contributed by atoms with Crippen LogP contribution < -0.4 is 24.2 Å². The van der Waals surface area contributed by atoms with Gasteiger partial charge in [-0.2, -0.15) is 9.10 Å². The minimum atomic E-state index is -4.84. The Morgan fingerprint density at radius 2 is 1.31 bits per heavy atom. The van der Waals surface area contributed by atoms with E-state index in [2.05, 4.69) is 25.4 Å². The van der Waals surface area contributed by atoms with Gasteiger partial charge >= 0.3 is 6.09 Å². The highest BCUT2D eigenvalue weighted by atomic mass is 127. The Balaban J connectivity index is 1.42. The van der Waals surface area contributed by atoms with Gasteiger partial charge in [-0.3, -0.25) is 0 Å². The van der Waals surface area contributed by atoms with Crippen LogP contribution in [-0.2, 0) is 51.0 Å². The zero-order valence-electron chi connectivity index (χ0n) is 33.8. The lowest BCUT2D eigenvalue weighted by Gasteiger charge is -2.26. The summed E-state index contributed by atoms with van der Waals surface area (Å²) in [5.74, 6) is 1.60. The molecule has 1 heterocycles. The average Bonchev–Trinajstić information content (AvgIpc) is 3.75. The number of carbonyl (C=O) groups is 1. The number of tetrazole rings is 1. The van der Waals surface area contributed by atoms with Crippen molar-refractivity contribution in [2.24, 2.45) is 0 Å². The van der Waals surface area contributed by atoms with Gasteiger partial charge in [0.2, 0.25) is 25.9 Å². The van der Waals surface area contributed by atoms with E-state index in [0.717, 1.165) is 21.5 Å². The zero-order valence-corrected chi connectivity index (χ0v) is 37.6. The van der Waals surface area contributed by atoms with Gasteiger partial charge in [0.15, 0.2) is 0 Å². The van der Waals surface area contributed by atoms with Crippen LogP contribution in [0.25, 0.3) is 11.4 Å². The molecule has 0 aliphatic carbocycles. The molecule has 3 N–H and O–H groups in total. The molecule has 17 nitrogen and oxygen atoms in total. The molecule has 0 fully saturated rings. The summed E-state index contributed by atoms with van der Waals surface area (Å²) in [5.41, 5.74) is 2.55. The van der Waals surface area contributed by atoms with Gasteiger partial charge in [0.1, 0.15) is 33.6 Å². The molecule has 0 bridgehead atoms. The van der Waals surface area contributed by atoms with Crippen molar-refractivity contribution >= 4 is 48.7 Å². The molecule has 0 saturated heterocycles. The molecule has 0 radical (unpaired) electrons. The predicted octanol–water partition coefficient (Wildman–Crippen LogP) is 4.98. The minimum Gasteiger partial charge on any atom is -0.497 e. The number of hydrogen-bond acceptors (Lipinski definition) is 13. The van der Waals surface area contributed by atoms with Crippen molar-refractivity contribution in [3.8, 4) is 28.6 Å². The number of rotatable bonds is 20. The Kier molecular flexibility index (Phi) is 15.5. The smallest absolute Gasteiger partial charge is 0.407 e. The van der Waals surface area contributed by atoms with Gasteiger partial charge in [-0.25, -0.2) is 26.4 Å². The van der Waals surface area contributed by atoms with Crippen LogP contribution in [-0.4, -0.2) is 93.1 Å². The normalized spacial score (nSPS) is 12.2. The second-order valence-corrected chi connectivity index (χ2v) is 18.4. The standard InChI is InChI=1S/C42H44IN7O10S2/c1-57-34-15-9-29(10-16-34)24-49(25-30-11-17-35(58-2)18-12-30)62(55,56)40-38(61(53,54)47-33(27-51)23-44-42(52)60-28-32-7-5-4-6-8-32)22-21-37(43)39(40)41-45-48-50(46-41)26-31-13-19-36(59-3)20-14-31/h4-22,33,47,51H,23-28H2,1-3H3,(H,44,52)/t33-/m0/s1. The number of aromatic nitrogens is 4. The second kappa shape index (κ2) is 20.9. The first-order valence-electron chi connectivity index (χ1n) is 18.9. The summed E-state index contributed by atoms with van der Waals surface area (Å²) in [6, 6.07) is 31.0. The van der Waals surface area contributed by atoms with Gasteiger partial charge in [-0.15, -0.1) is 10.2 Å². The quantitative estimate of drug-likeness (QED) is 0.0863. The maximum absolute atomic E-state index is 15.5. The van der Waals surface area contributed by atoms with Crippen LogP contribution >= 0.6 is 22.6 Å². The number of carbonyl (C=O) groups excluding carboxylic acids is 1. The van der Waals surface area contributed by atoms with Crippen LogP contribution in [0.2, 0.25) is 0 Å². The van der Waals surface area contributed by atoms with Crippen LogP contribution in [0.4, 0.5) is 4.79 Å². The highest BCUT2D eigenvalue weighted by molar-refractivity contribution is 14.1. The van der Waals surface area contributed by atoms with E-state index in [4.69, 9.17) is 18.9 Å². The lowest BCUT2D eigenvalue weighted by molar-refractivity contribution is 0.137. The van der Waals surface area contributed by atoms with Crippen LogP contribution in [0.5, 0.6) is 17.2 Å². The van der Waals surface area contributed by atoms with Gasteiger partial charge in [0, 0.05) is 23.2 Å². The van der Waals surface area contributed by atoms with Crippen LogP contribution in [0, 0.1) is 3.57 Å². The van der Waals surface area contributed by atoms with E-state index in [1.165, 1.54) is 25.1 Å². The van der Waals surface area contributed by atoms with Crippen molar-refractivity contribution in [2.45, 2.75) is 42.1 Å². The van der Waals surface area contributed by atoms with E-state index >= 15 is 8.42 Å². The number of sulfonamides is 2. The summed E-state index contributed by atoms with van der Waals surface area (Å²) < 4.78 is 85.0. The number of alkyl carbamates (subject to hydrolysis) is 1. The van der Waals surface area contributed by atoms with Crippen molar-refractivity contribution in [2.75, 3.05) is 34.5 Å². The summed E-state index contributed by atoms with van der Waals surface area (Å²) in [7, 11) is -5.08. The second-order valence-electron chi connectivity index (χ2n) is 13.7. The van der Waals surface area contributed by atoms with Crippen molar-refractivity contribution in [1.82, 2.24) is 34.6 Å². The van der Waals surface area contributed by atoms with Gasteiger partial charge in [0.25, 0.3) is 0 Å². The summed E-state index contributed by atoms with van der Waals surface area (Å²) in [5, 5.41) is 25.7. The first kappa shape index (κ1) is 45.9. The van der Waals surface area contributed by atoms with E-state index in [-0.39, 0.29) is 37.6 Å². The van der Waals surface area contributed by atoms with Crippen molar-refractivity contribution < 1.29 is 45.7 Å². The average molecular weight is 998 g/mol. The Labute approximate surface area is 373 Å². The third kappa shape index (κ3) is 11.6. The third-order valence-corrected chi connectivity index (χ3v) is 13.9. The molecule has 6 rings (SSSR count). The topological polar surface area (TPSA) is 213 Å². The van der Waals surface area contributed by atoms with Crippen molar-refractivity contribution in [3.05, 3.63) is 141 Å². The Bertz CT molecular complexity index is 2600. The summed E-state index contributed by atoms with van der Waals surface area (Å²) in [6.45, 7) is -1.44. The Hall–Kier alpha value is -5.65. The maximum Gasteiger partial charge on any atom is 0.407 e. The highest BCUT2D eigenvalue weighted by Crippen LogP contribution is 2.38. The molecular formula is C42H44IN7O10S2. The summed E-state index contributed by atoms with van der Waals surface area (Å²) in [4.78, 5) is 12.6. The number of aliphatic hydroxyl groups excluding tert-OH is 1. The fourth-order valence-corrected chi connectivity index (χ4v) is 10.7. The molecule has 20 heteroatoms. The summed E-state index contributed by atoms with van der Waals surface area (Å²) >= 11 is 1.91. The number of hydrogen-bond donors (Lipinski definition) is 3. The van der Waals surface area contributed by atoms with Gasteiger partial charge < -0.3 is 29.4 Å². The van der Waals surface area contributed by atoms with E-state index < -0.39 is 55.1 Å². The maximum atomic E-state index is 15.5. The Morgan fingerprint density at radius 3 is 1.84 bits per heavy atom. The molecule has 0 aliphatic rings.